The van der Waals surface area contributed by atoms with Gasteiger partial charge in [-0.05, 0) is 18.4 Å². The van der Waals surface area contributed by atoms with Crippen molar-refractivity contribution in [2.45, 2.75) is 39.5 Å². The van der Waals surface area contributed by atoms with Crippen molar-refractivity contribution in [3.8, 4) is 0 Å². The molecule has 0 unspecified atom stereocenters. The Kier molecular flexibility index (Phi) is 8.43. The molecule has 0 aliphatic rings. The van der Waals surface area contributed by atoms with Gasteiger partial charge in [-0.1, -0.05) is 26.7 Å². The number of hydrogen-bond acceptors (Lipinski definition) is 3. The van der Waals surface area contributed by atoms with Gasteiger partial charge in [-0.3, -0.25) is 4.57 Å². The van der Waals surface area contributed by atoms with Crippen LogP contribution in [0, 0.1) is 0 Å². The summed E-state index contributed by atoms with van der Waals surface area (Å²) in [6.07, 6.45) is 3.38. The number of unbranched alkanes of at least 4 members (excludes halogenated alkanes) is 2. The van der Waals surface area contributed by atoms with E-state index in [1.165, 1.54) is 0 Å². The highest BCUT2D eigenvalue weighted by Crippen LogP contribution is 2.50. The van der Waals surface area contributed by atoms with Crippen molar-refractivity contribution >= 4 is 7.75 Å². The summed E-state index contributed by atoms with van der Waals surface area (Å²) in [4.78, 5) is 5.57. The van der Waals surface area contributed by atoms with Crippen LogP contribution in [0.3, 0.4) is 0 Å². The van der Waals surface area contributed by atoms with Gasteiger partial charge in [0, 0.05) is 9.80 Å². The molecule has 0 bridgehead atoms. The molecule has 0 aliphatic carbocycles. The maximum absolute atomic E-state index is 11.7. The summed E-state index contributed by atoms with van der Waals surface area (Å²) >= 11 is 0. The van der Waals surface area contributed by atoms with Crippen molar-refractivity contribution in [2.75, 3.05) is 13.2 Å². The average Bonchev–Trinajstić information content (AvgIpc) is 2.19. The molecule has 0 aliphatic heterocycles. The van der Waals surface area contributed by atoms with Crippen molar-refractivity contribution in [1.29, 1.82) is 0 Å². The van der Waals surface area contributed by atoms with Crippen LogP contribution in [0.2, 0.25) is 0 Å². The summed E-state index contributed by atoms with van der Waals surface area (Å²) in [6.45, 7) is 4.55. The molecule has 0 radical (unpaired) electrons. The van der Waals surface area contributed by atoms with E-state index in [4.69, 9.17) is 14.6 Å². The first-order valence-electron chi connectivity index (χ1n) is 5.14. The predicted molar refractivity (Wildman–Crippen MR) is 58.5 cm³/mol. The molecule has 0 atom stereocenters. The van der Waals surface area contributed by atoms with Gasteiger partial charge in [-0.2, -0.15) is 0 Å². The van der Waals surface area contributed by atoms with Gasteiger partial charge in [-0.25, -0.2) is 0 Å². The van der Waals surface area contributed by atoms with Gasteiger partial charge in [0.1, 0.15) is 0 Å². The van der Waals surface area contributed by atoms with Crippen molar-refractivity contribution in [1.82, 2.24) is 0 Å². The summed E-state index contributed by atoms with van der Waals surface area (Å²) < 4.78 is 21.6. The van der Waals surface area contributed by atoms with E-state index in [9.17, 15) is 4.57 Å². The fourth-order valence-electron chi connectivity index (χ4n) is 0.786. The summed E-state index contributed by atoms with van der Waals surface area (Å²) in [5.41, 5.74) is 8.24. The van der Waals surface area contributed by atoms with Crippen molar-refractivity contribution in [3.05, 3.63) is 10.4 Å². The minimum Gasteiger partial charge on any atom is -0.304 e. The van der Waals surface area contributed by atoms with E-state index in [0.717, 1.165) is 25.7 Å². The Labute approximate surface area is 90.2 Å². The molecule has 0 saturated heterocycles. The average molecular weight is 235 g/mol. The Morgan fingerprint density at radius 3 is 2.00 bits per heavy atom. The first-order chi connectivity index (χ1) is 7.18. The van der Waals surface area contributed by atoms with Crippen LogP contribution in [0.15, 0.2) is 4.88 Å². The van der Waals surface area contributed by atoms with E-state index >= 15 is 0 Å². The van der Waals surface area contributed by atoms with E-state index < -0.39 is 7.75 Å². The summed E-state index contributed by atoms with van der Waals surface area (Å²) in [5.74, 6) is 0. The van der Waals surface area contributed by atoms with Crippen LogP contribution in [0.4, 0.5) is 0 Å². The Balaban J connectivity index is 4.07. The molecule has 0 heterocycles. The molecule has 0 rings (SSSR count). The van der Waals surface area contributed by atoms with E-state index in [1.807, 2.05) is 13.8 Å². The Hall–Kier alpha value is -0.540. The van der Waals surface area contributed by atoms with Crippen molar-refractivity contribution < 1.29 is 13.6 Å². The minimum absolute atomic E-state index is 0.291. The first kappa shape index (κ1) is 14.5. The zero-order valence-electron chi connectivity index (χ0n) is 9.26. The van der Waals surface area contributed by atoms with Crippen LogP contribution in [-0.4, -0.2) is 13.2 Å². The summed E-state index contributed by atoms with van der Waals surface area (Å²) in [5, 5.41) is 0. The lowest BCUT2D eigenvalue weighted by Crippen LogP contribution is -1.96. The third kappa shape index (κ3) is 7.40. The second kappa shape index (κ2) is 8.74. The summed E-state index contributed by atoms with van der Waals surface area (Å²) in [6, 6.07) is 0. The van der Waals surface area contributed by atoms with E-state index in [1.54, 1.807) is 0 Å². The predicted octanol–water partition coefficient (Wildman–Crippen LogP) is 4.04. The normalized spacial score (nSPS) is 11.1. The van der Waals surface area contributed by atoms with Gasteiger partial charge in [0.25, 0.3) is 0 Å². The molecule has 0 fully saturated rings. The lowest BCUT2D eigenvalue weighted by Gasteiger charge is -2.12. The fraction of sp³-hybridized carbons (Fsp3) is 1.00. The van der Waals surface area contributed by atoms with E-state index in [-0.39, 0.29) is 0 Å². The first-order valence-corrected chi connectivity index (χ1v) is 6.63. The molecule has 0 aromatic rings. The third-order valence-corrected chi connectivity index (χ3v) is 2.97. The zero-order chi connectivity index (χ0) is 11.6. The Bertz CT molecular complexity index is 240. The molecule has 0 amide bonds. The lowest BCUT2D eigenvalue weighted by molar-refractivity contribution is 0.200. The molecule has 0 spiro atoms. The molecule has 0 aromatic heterocycles. The van der Waals surface area contributed by atoms with Crippen LogP contribution in [0.1, 0.15) is 39.5 Å². The maximum atomic E-state index is 11.7. The van der Waals surface area contributed by atoms with Gasteiger partial charge >= 0.3 is 7.75 Å². The second-order valence-corrected chi connectivity index (χ2v) is 4.65. The van der Waals surface area contributed by atoms with Crippen LogP contribution in [0.25, 0.3) is 10.4 Å². The van der Waals surface area contributed by atoms with Crippen molar-refractivity contribution in [2.24, 2.45) is 4.88 Å². The van der Waals surface area contributed by atoms with E-state index in [2.05, 4.69) is 9.80 Å². The van der Waals surface area contributed by atoms with Crippen LogP contribution in [0.5, 0.6) is 0 Å². The molecular formula is C8H18N3O3P. The van der Waals surface area contributed by atoms with Gasteiger partial charge in [0.15, 0.2) is 0 Å². The minimum atomic E-state index is -3.57. The number of rotatable bonds is 9. The van der Waals surface area contributed by atoms with Crippen molar-refractivity contribution in [3.63, 3.8) is 0 Å². The van der Waals surface area contributed by atoms with Gasteiger partial charge in [0.2, 0.25) is 0 Å². The molecule has 0 aromatic carbocycles. The Morgan fingerprint density at radius 2 is 1.67 bits per heavy atom. The Morgan fingerprint density at radius 1 is 1.20 bits per heavy atom. The summed E-state index contributed by atoms with van der Waals surface area (Å²) in [7, 11) is -3.57. The SMILES string of the molecule is CCCCOP(=O)(N=[N+]=[N-])OCCCC. The standard InChI is InChI=1S/C8H18N3O3P/c1-3-5-7-13-15(12,11-10-9)14-8-6-4-2/h3-8H2,1-2H3. The zero-order valence-corrected chi connectivity index (χ0v) is 10.2. The molecule has 6 nitrogen and oxygen atoms in total. The molecule has 7 heteroatoms. The van der Waals surface area contributed by atoms with Crippen LogP contribution < -0.4 is 0 Å². The molecule has 0 saturated carbocycles. The highest BCUT2D eigenvalue weighted by atomic mass is 31.2. The van der Waals surface area contributed by atoms with Gasteiger partial charge < -0.3 is 9.05 Å². The monoisotopic (exact) mass is 235 g/mol. The van der Waals surface area contributed by atoms with E-state index in [0.29, 0.717) is 13.2 Å². The number of nitrogens with zero attached hydrogens (tertiary/aromatic N) is 3. The highest BCUT2D eigenvalue weighted by molar-refractivity contribution is 7.52. The quantitative estimate of drug-likeness (QED) is 0.199. The lowest BCUT2D eigenvalue weighted by atomic mass is 10.4. The van der Waals surface area contributed by atoms with Crippen LogP contribution in [-0.2, 0) is 13.6 Å². The third-order valence-electron chi connectivity index (χ3n) is 1.65. The molecule has 88 valence electrons. The fourth-order valence-corrected chi connectivity index (χ4v) is 1.78. The van der Waals surface area contributed by atoms with Crippen LogP contribution >= 0.6 is 7.75 Å². The topological polar surface area (TPSA) is 84.3 Å². The molecular weight excluding hydrogens is 217 g/mol. The largest absolute Gasteiger partial charge is 0.420 e. The maximum Gasteiger partial charge on any atom is 0.420 e. The molecule has 0 N–H and O–H groups in total. The highest BCUT2D eigenvalue weighted by Gasteiger charge is 2.22. The number of azide groups is 1. The van der Waals surface area contributed by atoms with Gasteiger partial charge in [-0.15, -0.1) is 0 Å². The molecule has 15 heavy (non-hydrogen) atoms. The smallest absolute Gasteiger partial charge is 0.304 e. The number of hydrogen-bond donors (Lipinski definition) is 0. The van der Waals surface area contributed by atoms with Gasteiger partial charge in [0.05, 0.1) is 13.2 Å². The second-order valence-electron chi connectivity index (χ2n) is 3.02.